The molecule has 1 N–H and O–H groups in total. The Balaban J connectivity index is 2.99. The monoisotopic (exact) mass is 285 g/mol. The van der Waals surface area contributed by atoms with Crippen LogP contribution in [0.2, 0.25) is 0 Å². The highest BCUT2D eigenvalue weighted by Gasteiger charge is 2.30. The Labute approximate surface area is 114 Å². The number of methoxy groups -OCH3 is 1. The second kappa shape index (κ2) is 6.68. The molecular formula is C13H19NO4S. The van der Waals surface area contributed by atoms with Gasteiger partial charge in [0, 0.05) is 0 Å². The van der Waals surface area contributed by atoms with Crippen LogP contribution >= 0.6 is 0 Å². The molecule has 0 fully saturated rings. The molecule has 0 aromatic heterocycles. The lowest BCUT2D eigenvalue weighted by Crippen LogP contribution is -2.45. The second-order valence-electron chi connectivity index (χ2n) is 4.32. The van der Waals surface area contributed by atoms with Crippen LogP contribution in [0.4, 0.5) is 0 Å². The number of carbonyl (C=O) groups is 1. The minimum Gasteiger partial charge on any atom is -0.468 e. The fraction of sp³-hybridized carbons (Fsp3) is 0.462. The van der Waals surface area contributed by atoms with E-state index in [4.69, 9.17) is 0 Å². The smallest absolute Gasteiger partial charge is 0.324 e. The van der Waals surface area contributed by atoms with Crippen LogP contribution in [0.1, 0.15) is 20.3 Å². The van der Waals surface area contributed by atoms with E-state index in [2.05, 4.69) is 9.46 Å². The molecule has 5 nitrogen and oxygen atoms in total. The molecule has 0 saturated carbocycles. The number of hydrogen-bond acceptors (Lipinski definition) is 4. The average molecular weight is 285 g/mol. The molecule has 1 aromatic carbocycles. The standard InChI is InChI=1S/C13H19NO4S/c1-4-10(2)12(13(15)18-3)14-19(16,17)11-8-6-5-7-9-11/h5-10,12,14H,4H2,1-3H3/t10-,12-/m1/s1. The van der Waals surface area contributed by atoms with E-state index in [1.54, 1.807) is 25.1 Å². The molecule has 0 heterocycles. The quantitative estimate of drug-likeness (QED) is 0.805. The topological polar surface area (TPSA) is 72.5 Å². The molecule has 6 heteroatoms. The van der Waals surface area contributed by atoms with E-state index in [0.717, 1.165) is 0 Å². The van der Waals surface area contributed by atoms with Gasteiger partial charge in [-0.3, -0.25) is 4.79 Å². The SMILES string of the molecule is CC[C@@H](C)[C@@H](NS(=O)(=O)c1ccccc1)C(=O)OC. The maximum Gasteiger partial charge on any atom is 0.324 e. The van der Waals surface area contributed by atoms with Crippen molar-refractivity contribution in [1.82, 2.24) is 4.72 Å². The fourth-order valence-electron chi connectivity index (χ4n) is 1.59. The zero-order valence-corrected chi connectivity index (χ0v) is 12.1. The summed E-state index contributed by atoms with van der Waals surface area (Å²) >= 11 is 0. The third kappa shape index (κ3) is 4.04. The third-order valence-electron chi connectivity index (χ3n) is 3.00. The molecule has 0 saturated heterocycles. The third-order valence-corrected chi connectivity index (χ3v) is 4.46. The van der Waals surface area contributed by atoms with Crippen molar-refractivity contribution in [1.29, 1.82) is 0 Å². The largest absolute Gasteiger partial charge is 0.468 e. The molecule has 19 heavy (non-hydrogen) atoms. The molecule has 0 aliphatic carbocycles. The number of benzene rings is 1. The van der Waals surface area contributed by atoms with Crippen LogP contribution in [-0.4, -0.2) is 27.5 Å². The lowest BCUT2D eigenvalue weighted by molar-refractivity contribution is -0.143. The van der Waals surface area contributed by atoms with Crippen molar-refractivity contribution in [3.63, 3.8) is 0 Å². The molecule has 0 radical (unpaired) electrons. The van der Waals surface area contributed by atoms with Crippen molar-refractivity contribution in [3.8, 4) is 0 Å². The van der Waals surface area contributed by atoms with Crippen molar-refractivity contribution in [2.45, 2.75) is 31.2 Å². The summed E-state index contributed by atoms with van der Waals surface area (Å²) in [5.41, 5.74) is 0. The predicted molar refractivity (Wildman–Crippen MR) is 72.0 cm³/mol. The van der Waals surface area contributed by atoms with E-state index in [1.807, 2.05) is 6.92 Å². The highest BCUT2D eigenvalue weighted by Crippen LogP contribution is 2.14. The van der Waals surface area contributed by atoms with Gasteiger partial charge >= 0.3 is 5.97 Å². The van der Waals surface area contributed by atoms with Crippen LogP contribution in [-0.2, 0) is 19.6 Å². The molecule has 0 aliphatic rings. The summed E-state index contributed by atoms with van der Waals surface area (Å²) in [5.74, 6) is -0.722. The van der Waals surface area contributed by atoms with Gasteiger partial charge < -0.3 is 4.74 Å². The Morgan fingerprint density at radius 1 is 1.32 bits per heavy atom. The normalized spacial score (nSPS) is 14.7. The molecule has 1 aromatic rings. The number of hydrogen-bond donors (Lipinski definition) is 1. The maximum atomic E-state index is 12.2. The van der Waals surface area contributed by atoms with Gasteiger partial charge in [-0.15, -0.1) is 0 Å². The summed E-state index contributed by atoms with van der Waals surface area (Å²) in [7, 11) is -2.48. The van der Waals surface area contributed by atoms with Gasteiger partial charge in [0.2, 0.25) is 10.0 Å². The number of carbonyl (C=O) groups excluding carboxylic acids is 1. The highest BCUT2D eigenvalue weighted by atomic mass is 32.2. The van der Waals surface area contributed by atoms with Gasteiger partial charge in [-0.2, -0.15) is 4.72 Å². The van der Waals surface area contributed by atoms with Gasteiger partial charge in [0.25, 0.3) is 0 Å². The Morgan fingerprint density at radius 2 is 1.89 bits per heavy atom. The summed E-state index contributed by atoms with van der Waals surface area (Å²) in [6.45, 7) is 3.69. The summed E-state index contributed by atoms with van der Waals surface area (Å²) in [4.78, 5) is 11.8. The summed E-state index contributed by atoms with van der Waals surface area (Å²) in [5, 5.41) is 0. The molecule has 106 valence electrons. The molecule has 0 aliphatic heterocycles. The minimum absolute atomic E-state index is 0.132. The zero-order chi connectivity index (χ0) is 14.5. The van der Waals surface area contributed by atoms with Gasteiger partial charge in [-0.25, -0.2) is 8.42 Å². The van der Waals surface area contributed by atoms with Crippen LogP contribution in [0, 0.1) is 5.92 Å². The number of sulfonamides is 1. The first-order chi connectivity index (χ1) is 8.92. The summed E-state index contributed by atoms with van der Waals surface area (Å²) < 4.78 is 31.4. The first-order valence-electron chi connectivity index (χ1n) is 6.07. The molecule has 1 rings (SSSR count). The number of ether oxygens (including phenoxy) is 1. The molecule has 0 amide bonds. The van der Waals surface area contributed by atoms with Crippen LogP contribution in [0.3, 0.4) is 0 Å². The fourth-order valence-corrected chi connectivity index (χ4v) is 2.91. The molecule has 2 atom stereocenters. The predicted octanol–water partition coefficient (Wildman–Crippen LogP) is 1.55. The van der Waals surface area contributed by atoms with Crippen LogP contribution in [0.15, 0.2) is 35.2 Å². The number of esters is 1. The summed E-state index contributed by atoms with van der Waals surface area (Å²) in [6, 6.07) is 7.07. The van der Waals surface area contributed by atoms with Crippen molar-refractivity contribution in [3.05, 3.63) is 30.3 Å². The average Bonchev–Trinajstić information content (AvgIpc) is 2.44. The molecule has 0 bridgehead atoms. The van der Waals surface area contributed by atoms with Gasteiger partial charge in [0.05, 0.1) is 12.0 Å². The lowest BCUT2D eigenvalue weighted by atomic mass is 10.0. The molecule has 0 spiro atoms. The Morgan fingerprint density at radius 3 is 2.37 bits per heavy atom. The van der Waals surface area contributed by atoms with E-state index in [1.165, 1.54) is 19.2 Å². The van der Waals surface area contributed by atoms with Crippen molar-refractivity contribution in [2.24, 2.45) is 5.92 Å². The van der Waals surface area contributed by atoms with Gasteiger partial charge in [-0.1, -0.05) is 38.5 Å². The van der Waals surface area contributed by atoms with E-state index in [-0.39, 0.29) is 10.8 Å². The van der Waals surface area contributed by atoms with E-state index in [9.17, 15) is 13.2 Å². The van der Waals surface area contributed by atoms with E-state index >= 15 is 0 Å². The van der Waals surface area contributed by atoms with E-state index in [0.29, 0.717) is 6.42 Å². The van der Waals surface area contributed by atoms with Crippen molar-refractivity contribution >= 4 is 16.0 Å². The second-order valence-corrected chi connectivity index (χ2v) is 6.03. The highest BCUT2D eigenvalue weighted by molar-refractivity contribution is 7.89. The Kier molecular flexibility index (Phi) is 5.50. The van der Waals surface area contributed by atoms with Crippen molar-refractivity contribution < 1.29 is 17.9 Å². The van der Waals surface area contributed by atoms with E-state index < -0.39 is 22.0 Å². The Hall–Kier alpha value is -1.40. The van der Waals surface area contributed by atoms with Gasteiger partial charge in [0.15, 0.2) is 0 Å². The Bertz CT molecular complexity index is 513. The first-order valence-corrected chi connectivity index (χ1v) is 7.56. The first kappa shape index (κ1) is 15.7. The van der Waals surface area contributed by atoms with Crippen LogP contribution in [0.5, 0.6) is 0 Å². The number of nitrogens with one attached hydrogen (secondary N) is 1. The number of rotatable bonds is 6. The van der Waals surface area contributed by atoms with Crippen LogP contribution < -0.4 is 4.72 Å². The lowest BCUT2D eigenvalue weighted by Gasteiger charge is -2.21. The van der Waals surface area contributed by atoms with Crippen molar-refractivity contribution in [2.75, 3.05) is 7.11 Å². The maximum absolute atomic E-state index is 12.2. The minimum atomic E-state index is -3.72. The van der Waals surface area contributed by atoms with Gasteiger partial charge in [0.1, 0.15) is 6.04 Å². The summed E-state index contributed by atoms with van der Waals surface area (Å²) in [6.07, 6.45) is 0.664. The van der Waals surface area contributed by atoms with Gasteiger partial charge in [-0.05, 0) is 18.1 Å². The molecular weight excluding hydrogens is 266 g/mol. The zero-order valence-electron chi connectivity index (χ0n) is 11.3. The van der Waals surface area contributed by atoms with Crippen LogP contribution in [0.25, 0.3) is 0 Å². The molecule has 0 unspecified atom stereocenters.